The molecule has 1 atom stereocenters. The van der Waals surface area contributed by atoms with Crippen LogP contribution in [0.15, 0.2) is 18.2 Å². The molecule has 4 N–H and O–H groups in total. The van der Waals surface area contributed by atoms with E-state index in [1.807, 2.05) is 32.0 Å². The Morgan fingerprint density at radius 1 is 1.32 bits per heavy atom. The third-order valence-corrected chi connectivity index (χ3v) is 4.34. The molecule has 1 aromatic rings. The summed E-state index contributed by atoms with van der Waals surface area (Å²) in [5.74, 6) is -0.0517. The molecule has 1 saturated heterocycles. The monoisotopic (exact) mass is 368 g/mol. The lowest BCUT2D eigenvalue weighted by molar-refractivity contribution is -0.127. The second-order valence-corrected chi connectivity index (χ2v) is 6.52. The Hall–Kier alpha value is -1.63. The lowest BCUT2D eigenvalue weighted by Gasteiger charge is -2.31. The molecule has 6 nitrogen and oxygen atoms in total. The van der Waals surface area contributed by atoms with Gasteiger partial charge in [0.2, 0.25) is 11.8 Å². The average molecular weight is 369 g/mol. The summed E-state index contributed by atoms with van der Waals surface area (Å²) in [6.07, 6.45) is 1.79. The number of hydrogen-bond donors (Lipinski definition) is 3. The number of nitrogens with two attached hydrogens (primary N) is 1. The van der Waals surface area contributed by atoms with Crippen LogP contribution in [-0.2, 0) is 9.59 Å². The second-order valence-electron chi connectivity index (χ2n) is 6.52. The Bertz CT molecular complexity index is 594. The smallest absolute Gasteiger partial charge is 0.238 e. The number of aryl methyl sites for hydroxylation is 2. The van der Waals surface area contributed by atoms with E-state index in [9.17, 15) is 9.59 Å². The van der Waals surface area contributed by atoms with Crippen LogP contribution in [0.3, 0.4) is 0 Å². The summed E-state index contributed by atoms with van der Waals surface area (Å²) in [6, 6.07) is 5.97. The molecule has 1 aliphatic rings. The van der Waals surface area contributed by atoms with Crippen LogP contribution < -0.4 is 16.4 Å². The van der Waals surface area contributed by atoms with Crippen molar-refractivity contribution in [1.29, 1.82) is 0 Å². The molecule has 0 radical (unpaired) electrons. The van der Waals surface area contributed by atoms with Gasteiger partial charge in [0.15, 0.2) is 0 Å². The molecule has 1 aromatic carbocycles. The molecule has 7 heteroatoms. The molecule has 0 saturated carbocycles. The first-order valence-corrected chi connectivity index (χ1v) is 8.57. The van der Waals surface area contributed by atoms with Gasteiger partial charge >= 0.3 is 0 Å². The van der Waals surface area contributed by atoms with Gasteiger partial charge in [0.25, 0.3) is 0 Å². The van der Waals surface area contributed by atoms with Gasteiger partial charge in [0, 0.05) is 25.3 Å². The zero-order valence-corrected chi connectivity index (χ0v) is 15.8. The zero-order valence-electron chi connectivity index (χ0n) is 15.0. The number of piperidine rings is 1. The number of carbonyl (C=O) groups is 2. The normalized spacial score (nSPS) is 17.5. The number of nitrogens with one attached hydrogen (secondary N) is 2. The highest BCUT2D eigenvalue weighted by atomic mass is 35.5. The van der Waals surface area contributed by atoms with Crippen molar-refractivity contribution in [3.8, 4) is 0 Å². The molecule has 2 rings (SSSR count). The maximum absolute atomic E-state index is 12.3. The highest BCUT2D eigenvalue weighted by Gasteiger charge is 2.26. The average Bonchev–Trinajstić information content (AvgIpc) is 2.55. The number of hydrogen-bond acceptors (Lipinski definition) is 4. The fraction of sp³-hybridized carbons (Fsp3) is 0.556. The molecule has 1 unspecified atom stereocenters. The second kappa shape index (κ2) is 10.4. The number of halogens is 1. The maximum atomic E-state index is 12.3. The highest BCUT2D eigenvalue weighted by Crippen LogP contribution is 2.18. The van der Waals surface area contributed by atoms with Gasteiger partial charge in [-0.05, 0) is 44.9 Å². The van der Waals surface area contributed by atoms with Crippen LogP contribution in [0.5, 0.6) is 0 Å². The minimum Gasteiger partial charge on any atom is -0.355 e. The van der Waals surface area contributed by atoms with E-state index in [0.717, 1.165) is 30.6 Å². The molecule has 0 spiro atoms. The first kappa shape index (κ1) is 21.4. The maximum Gasteiger partial charge on any atom is 0.238 e. The fourth-order valence-corrected chi connectivity index (χ4v) is 3.10. The molecule has 25 heavy (non-hydrogen) atoms. The van der Waals surface area contributed by atoms with Crippen LogP contribution >= 0.6 is 12.4 Å². The van der Waals surface area contributed by atoms with Gasteiger partial charge in [-0.3, -0.25) is 14.5 Å². The zero-order chi connectivity index (χ0) is 17.5. The van der Waals surface area contributed by atoms with Gasteiger partial charge in [0.1, 0.15) is 0 Å². The van der Waals surface area contributed by atoms with Crippen molar-refractivity contribution in [2.45, 2.75) is 26.7 Å². The number of benzene rings is 1. The number of amides is 2. The van der Waals surface area contributed by atoms with E-state index in [0.29, 0.717) is 26.2 Å². The van der Waals surface area contributed by atoms with Crippen LogP contribution in [-0.4, -0.2) is 49.4 Å². The number of likely N-dealkylation sites (tertiary alicyclic amines) is 1. The first-order valence-electron chi connectivity index (χ1n) is 8.57. The largest absolute Gasteiger partial charge is 0.355 e. The highest BCUT2D eigenvalue weighted by molar-refractivity contribution is 5.93. The Labute approximate surface area is 155 Å². The van der Waals surface area contributed by atoms with Crippen LogP contribution in [0.25, 0.3) is 0 Å². The molecule has 0 aliphatic carbocycles. The Morgan fingerprint density at radius 2 is 2.08 bits per heavy atom. The van der Waals surface area contributed by atoms with Gasteiger partial charge < -0.3 is 16.4 Å². The molecule has 0 bridgehead atoms. The summed E-state index contributed by atoms with van der Waals surface area (Å²) in [5.41, 5.74) is 8.49. The summed E-state index contributed by atoms with van der Waals surface area (Å²) in [6.45, 7) is 6.75. The standard InChI is InChI=1S/C18H28N4O2.ClH/c1-13-5-6-16(14(2)10-13)21-17(23)12-22-9-3-4-15(11-22)18(24)20-8-7-19;/h5-6,10,15H,3-4,7-9,11-12,19H2,1-2H3,(H,20,24)(H,21,23);1H. The van der Waals surface area contributed by atoms with Crippen molar-refractivity contribution >= 4 is 29.9 Å². The molecule has 1 aliphatic heterocycles. The van der Waals surface area contributed by atoms with E-state index in [1.165, 1.54) is 5.56 Å². The minimum atomic E-state index is -0.0563. The summed E-state index contributed by atoms with van der Waals surface area (Å²) in [5, 5.41) is 5.80. The van der Waals surface area contributed by atoms with Gasteiger partial charge in [-0.2, -0.15) is 0 Å². The molecular weight excluding hydrogens is 340 g/mol. The lowest BCUT2D eigenvalue weighted by atomic mass is 9.97. The van der Waals surface area contributed by atoms with Gasteiger partial charge in [-0.25, -0.2) is 0 Å². The Kier molecular flexibility index (Phi) is 8.89. The van der Waals surface area contributed by atoms with E-state index in [2.05, 4.69) is 15.5 Å². The molecule has 2 amide bonds. The topological polar surface area (TPSA) is 87.5 Å². The Balaban J connectivity index is 0.00000312. The van der Waals surface area contributed by atoms with Crippen LogP contribution in [0.4, 0.5) is 5.69 Å². The van der Waals surface area contributed by atoms with Gasteiger partial charge in [0.05, 0.1) is 12.5 Å². The predicted molar refractivity (Wildman–Crippen MR) is 103 cm³/mol. The molecule has 1 heterocycles. The summed E-state index contributed by atoms with van der Waals surface area (Å²) in [7, 11) is 0. The predicted octanol–water partition coefficient (Wildman–Crippen LogP) is 1.45. The van der Waals surface area contributed by atoms with Crippen molar-refractivity contribution in [3.63, 3.8) is 0 Å². The van der Waals surface area contributed by atoms with Crippen molar-refractivity contribution in [2.75, 3.05) is 38.0 Å². The molecule has 140 valence electrons. The third kappa shape index (κ3) is 6.65. The molecule has 0 aromatic heterocycles. The molecular formula is C18H29ClN4O2. The van der Waals surface area contributed by atoms with E-state index in [1.54, 1.807) is 0 Å². The van der Waals surface area contributed by atoms with Crippen molar-refractivity contribution in [2.24, 2.45) is 11.7 Å². The quantitative estimate of drug-likeness (QED) is 0.709. The van der Waals surface area contributed by atoms with E-state index in [4.69, 9.17) is 5.73 Å². The fourth-order valence-electron chi connectivity index (χ4n) is 3.10. The SMILES string of the molecule is Cc1ccc(NC(=O)CN2CCCC(C(=O)NCCN)C2)c(C)c1.Cl. The van der Waals surface area contributed by atoms with E-state index in [-0.39, 0.29) is 30.1 Å². The summed E-state index contributed by atoms with van der Waals surface area (Å²) in [4.78, 5) is 26.4. The van der Waals surface area contributed by atoms with Crippen LogP contribution in [0.1, 0.15) is 24.0 Å². The third-order valence-electron chi connectivity index (χ3n) is 4.34. The minimum absolute atomic E-state index is 0. The summed E-state index contributed by atoms with van der Waals surface area (Å²) < 4.78 is 0. The number of anilines is 1. The lowest BCUT2D eigenvalue weighted by Crippen LogP contribution is -2.46. The number of rotatable bonds is 6. The van der Waals surface area contributed by atoms with Crippen molar-refractivity contribution in [1.82, 2.24) is 10.2 Å². The summed E-state index contributed by atoms with van der Waals surface area (Å²) >= 11 is 0. The number of carbonyl (C=O) groups excluding carboxylic acids is 2. The van der Waals surface area contributed by atoms with E-state index >= 15 is 0 Å². The Morgan fingerprint density at radius 3 is 2.76 bits per heavy atom. The van der Waals surface area contributed by atoms with E-state index < -0.39 is 0 Å². The van der Waals surface area contributed by atoms with Crippen molar-refractivity contribution < 1.29 is 9.59 Å². The van der Waals surface area contributed by atoms with Gasteiger partial charge in [-0.15, -0.1) is 12.4 Å². The number of nitrogens with zero attached hydrogens (tertiary/aromatic N) is 1. The van der Waals surface area contributed by atoms with Crippen molar-refractivity contribution in [3.05, 3.63) is 29.3 Å². The molecule has 1 fully saturated rings. The first-order chi connectivity index (χ1) is 11.5. The van der Waals surface area contributed by atoms with Gasteiger partial charge in [-0.1, -0.05) is 17.7 Å². The van der Waals surface area contributed by atoms with Crippen LogP contribution in [0, 0.1) is 19.8 Å². The van der Waals surface area contributed by atoms with Crippen LogP contribution in [0.2, 0.25) is 0 Å².